The Hall–Kier alpha value is -2.11. The Bertz CT molecular complexity index is 825. The predicted octanol–water partition coefficient (Wildman–Crippen LogP) is 4.08. The van der Waals surface area contributed by atoms with E-state index in [-0.39, 0.29) is 35.9 Å². The van der Waals surface area contributed by atoms with E-state index in [1.807, 2.05) is 12.1 Å². The summed E-state index contributed by atoms with van der Waals surface area (Å²) in [5.41, 5.74) is 9.66. The van der Waals surface area contributed by atoms with E-state index in [9.17, 15) is 9.59 Å². The van der Waals surface area contributed by atoms with Gasteiger partial charge in [0.2, 0.25) is 0 Å². The molecular formula is C21H27ClN2O3. The van der Waals surface area contributed by atoms with Gasteiger partial charge < -0.3 is 15.5 Å². The number of amides is 1. The zero-order valence-electron chi connectivity index (χ0n) is 16.0. The molecule has 2 aromatic rings. The molecule has 5 nitrogen and oxygen atoms in total. The molecule has 0 bridgehead atoms. The second kappa shape index (κ2) is 8.72. The molecule has 3 N–H and O–H groups in total. The lowest BCUT2D eigenvalue weighted by Crippen LogP contribution is -2.32. The van der Waals surface area contributed by atoms with E-state index in [4.69, 9.17) is 10.2 Å². The zero-order valence-corrected chi connectivity index (χ0v) is 16.8. The van der Waals surface area contributed by atoms with Gasteiger partial charge in [0, 0.05) is 31.0 Å². The summed E-state index contributed by atoms with van der Waals surface area (Å²) in [5, 5.41) is 2.83. The molecule has 27 heavy (non-hydrogen) atoms. The van der Waals surface area contributed by atoms with Crippen LogP contribution in [0.3, 0.4) is 0 Å². The van der Waals surface area contributed by atoms with Gasteiger partial charge in [0.05, 0.1) is 5.56 Å². The van der Waals surface area contributed by atoms with Crippen LogP contribution in [0.5, 0.6) is 0 Å². The van der Waals surface area contributed by atoms with Gasteiger partial charge in [-0.3, -0.25) is 9.59 Å². The minimum atomic E-state index is -0.320. The first-order valence-electron chi connectivity index (χ1n) is 9.17. The number of halogens is 1. The molecule has 0 fully saturated rings. The molecule has 1 atom stereocenters. The normalized spacial score (nSPS) is 14.5. The maximum atomic E-state index is 12.5. The Morgan fingerprint density at radius 1 is 1.19 bits per heavy atom. The van der Waals surface area contributed by atoms with E-state index in [1.165, 1.54) is 5.56 Å². The average molecular weight is 391 g/mol. The second-order valence-electron chi connectivity index (χ2n) is 7.27. The number of Topliss-reactive ketones (excluding diaryl/α,β-unsaturated/α-hetero) is 1. The maximum Gasteiger partial charge on any atom is 0.287 e. The second-order valence-corrected chi connectivity index (χ2v) is 7.27. The number of carbonyl (C=O) groups excluding carboxylic acids is 2. The molecule has 1 heterocycles. The maximum absolute atomic E-state index is 12.5. The van der Waals surface area contributed by atoms with E-state index < -0.39 is 0 Å². The van der Waals surface area contributed by atoms with Gasteiger partial charge >= 0.3 is 0 Å². The van der Waals surface area contributed by atoms with E-state index >= 15 is 0 Å². The van der Waals surface area contributed by atoms with Crippen LogP contribution in [0, 0.1) is 6.92 Å². The third-order valence-corrected chi connectivity index (χ3v) is 5.03. The summed E-state index contributed by atoms with van der Waals surface area (Å²) in [4.78, 5) is 24.6. The van der Waals surface area contributed by atoms with Crippen molar-refractivity contribution >= 4 is 24.1 Å². The Kier molecular flexibility index (Phi) is 6.84. The monoisotopic (exact) mass is 390 g/mol. The summed E-state index contributed by atoms with van der Waals surface area (Å²) in [6, 6.07) is 7.84. The van der Waals surface area contributed by atoms with Crippen LogP contribution in [-0.2, 0) is 6.42 Å². The first-order valence-corrected chi connectivity index (χ1v) is 9.17. The van der Waals surface area contributed by atoms with Crippen molar-refractivity contribution in [2.45, 2.75) is 52.0 Å². The highest BCUT2D eigenvalue weighted by Gasteiger charge is 2.28. The number of furan rings is 1. The fourth-order valence-corrected chi connectivity index (χ4v) is 3.39. The van der Waals surface area contributed by atoms with Gasteiger partial charge in [-0.25, -0.2) is 0 Å². The quantitative estimate of drug-likeness (QED) is 0.805. The number of aryl methyl sites for hydroxylation is 1. The van der Waals surface area contributed by atoms with Crippen molar-refractivity contribution in [3.63, 3.8) is 0 Å². The van der Waals surface area contributed by atoms with Gasteiger partial charge in [-0.15, -0.1) is 12.4 Å². The van der Waals surface area contributed by atoms with Crippen LogP contribution in [0.1, 0.15) is 82.0 Å². The molecule has 3 rings (SSSR count). The number of carbonyl (C=O) groups is 2. The van der Waals surface area contributed by atoms with Crippen molar-refractivity contribution in [1.29, 1.82) is 0 Å². The third-order valence-electron chi connectivity index (χ3n) is 5.03. The van der Waals surface area contributed by atoms with E-state index in [1.54, 1.807) is 6.92 Å². The number of fused-ring (bicyclic) bond motifs is 1. The average Bonchev–Trinajstić information content (AvgIpc) is 2.97. The van der Waals surface area contributed by atoms with Crippen molar-refractivity contribution in [3.05, 3.63) is 58.0 Å². The van der Waals surface area contributed by atoms with Crippen molar-refractivity contribution in [3.8, 4) is 0 Å². The van der Waals surface area contributed by atoms with Crippen molar-refractivity contribution in [2.75, 3.05) is 6.54 Å². The number of nitrogens with one attached hydrogen (secondary N) is 1. The highest BCUT2D eigenvalue weighted by Crippen LogP contribution is 2.29. The van der Waals surface area contributed by atoms with Gasteiger partial charge in [-0.1, -0.05) is 38.1 Å². The molecule has 1 aromatic heterocycles. The van der Waals surface area contributed by atoms with Crippen LogP contribution >= 0.6 is 12.4 Å². The molecule has 0 saturated heterocycles. The first kappa shape index (κ1) is 21.2. The molecule has 1 aliphatic rings. The van der Waals surface area contributed by atoms with Gasteiger partial charge in [0.15, 0.2) is 11.5 Å². The molecule has 1 aliphatic carbocycles. The molecule has 0 saturated carbocycles. The topological polar surface area (TPSA) is 85.3 Å². The molecule has 1 unspecified atom stereocenters. The van der Waals surface area contributed by atoms with Gasteiger partial charge in [-0.05, 0) is 30.4 Å². The Morgan fingerprint density at radius 3 is 2.41 bits per heavy atom. The standard InChI is InChI=1S/C21H26N2O3.ClH/c1-12(2)14-7-9-15(10-8-14)16(22)11-23-21(25)20-13(3)19-17(24)5-4-6-18(19)26-20;/h7-10,12,16H,4-6,11,22H2,1-3H3,(H,23,25);1H. The summed E-state index contributed by atoms with van der Waals surface area (Å²) < 4.78 is 5.68. The number of rotatable bonds is 5. The minimum Gasteiger partial charge on any atom is -0.455 e. The third kappa shape index (κ3) is 4.42. The summed E-state index contributed by atoms with van der Waals surface area (Å²) in [7, 11) is 0. The largest absolute Gasteiger partial charge is 0.455 e. The molecule has 1 amide bonds. The molecule has 6 heteroatoms. The summed E-state index contributed by atoms with van der Waals surface area (Å²) in [6.07, 6.45) is 2.00. The SMILES string of the molecule is Cc1c(C(=O)NCC(N)c2ccc(C(C)C)cc2)oc2c1C(=O)CCC2.Cl. The van der Waals surface area contributed by atoms with Gasteiger partial charge in [0.25, 0.3) is 5.91 Å². The summed E-state index contributed by atoms with van der Waals surface area (Å²) in [6.45, 7) is 6.36. The van der Waals surface area contributed by atoms with Crippen molar-refractivity contribution < 1.29 is 14.0 Å². The summed E-state index contributed by atoms with van der Waals surface area (Å²) in [5.74, 6) is 1.08. The molecule has 0 radical (unpaired) electrons. The summed E-state index contributed by atoms with van der Waals surface area (Å²) >= 11 is 0. The smallest absolute Gasteiger partial charge is 0.287 e. The van der Waals surface area contributed by atoms with E-state index in [2.05, 4.69) is 31.3 Å². The van der Waals surface area contributed by atoms with Crippen LogP contribution in [0.2, 0.25) is 0 Å². The lowest BCUT2D eigenvalue weighted by atomic mass is 9.94. The van der Waals surface area contributed by atoms with E-state index in [0.717, 1.165) is 12.0 Å². The number of nitrogens with two attached hydrogens (primary N) is 1. The molecule has 0 spiro atoms. The van der Waals surface area contributed by atoms with Crippen LogP contribution in [0.25, 0.3) is 0 Å². The first-order chi connectivity index (χ1) is 12.4. The number of benzene rings is 1. The van der Waals surface area contributed by atoms with Crippen LogP contribution in [0.4, 0.5) is 0 Å². The molecular weight excluding hydrogens is 364 g/mol. The van der Waals surface area contributed by atoms with Gasteiger partial charge in [0.1, 0.15) is 5.76 Å². The number of hydrogen-bond donors (Lipinski definition) is 2. The molecule has 1 aromatic carbocycles. The predicted molar refractivity (Wildman–Crippen MR) is 108 cm³/mol. The molecule has 146 valence electrons. The van der Waals surface area contributed by atoms with Crippen LogP contribution < -0.4 is 11.1 Å². The van der Waals surface area contributed by atoms with Crippen LogP contribution in [-0.4, -0.2) is 18.2 Å². The fourth-order valence-electron chi connectivity index (χ4n) is 3.39. The minimum absolute atomic E-state index is 0. The highest BCUT2D eigenvalue weighted by atomic mass is 35.5. The molecule has 0 aliphatic heterocycles. The highest BCUT2D eigenvalue weighted by molar-refractivity contribution is 6.03. The Balaban J connectivity index is 0.00000261. The Labute approximate surface area is 166 Å². The zero-order chi connectivity index (χ0) is 18.8. The van der Waals surface area contributed by atoms with E-state index in [0.29, 0.717) is 42.2 Å². The van der Waals surface area contributed by atoms with Crippen molar-refractivity contribution in [2.24, 2.45) is 5.73 Å². The van der Waals surface area contributed by atoms with Crippen LogP contribution in [0.15, 0.2) is 28.7 Å². The number of ketones is 1. The Morgan fingerprint density at radius 2 is 1.81 bits per heavy atom. The lowest BCUT2D eigenvalue weighted by molar-refractivity contribution is 0.0917. The number of hydrogen-bond acceptors (Lipinski definition) is 4. The van der Waals surface area contributed by atoms with Crippen molar-refractivity contribution in [1.82, 2.24) is 5.32 Å². The fraction of sp³-hybridized carbons (Fsp3) is 0.429. The lowest BCUT2D eigenvalue weighted by Gasteiger charge is -2.14. The van der Waals surface area contributed by atoms with Gasteiger partial charge in [-0.2, -0.15) is 0 Å².